The molecule has 2 aliphatic rings. The van der Waals surface area contributed by atoms with E-state index in [1.807, 2.05) is 30.3 Å². The van der Waals surface area contributed by atoms with E-state index in [1.54, 1.807) is 4.31 Å². The highest BCUT2D eigenvalue weighted by Crippen LogP contribution is 2.23. The van der Waals surface area contributed by atoms with Gasteiger partial charge >= 0.3 is 0 Å². The van der Waals surface area contributed by atoms with Gasteiger partial charge in [-0.15, -0.1) is 0 Å². The van der Waals surface area contributed by atoms with E-state index >= 15 is 0 Å². The van der Waals surface area contributed by atoms with Crippen LogP contribution in [-0.2, 0) is 20.6 Å². The number of nitrogens with one attached hydrogen (secondary N) is 2. The molecule has 0 aromatic heterocycles. The van der Waals surface area contributed by atoms with Gasteiger partial charge in [0.15, 0.2) is 6.54 Å². The minimum Gasteiger partial charge on any atom is -0.348 e. The normalized spacial score (nSPS) is 25.2. The quantitative estimate of drug-likeness (QED) is 0.734. The molecular formula is C20H32N3O3S+. The van der Waals surface area contributed by atoms with Crippen molar-refractivity contribution < 1.29 is 18.1 Å². The fraction of sp³-hybridized carbons (Fsp3) is 0.650. The highest BCUT2D eigenvalue weighted by Gasteiger charge is 2.31. The summed E-state index contributed by atoms with van der Waals surface area (Å²) in [7, 11) is -3.30. The number of carbonyl (C=O) groups excluding carboxylic acids is 1. The molecule has 27 heavy (non-hydrogen) atoms. The number of hydrogen-bond acceptors (Lipinski definition) is 3. The van der Waals surface area contributed by atoms with Gasteiger partial charge in [-0.3, -0.25) is 4.79 Å². The van der Waals surface area contributed by atoms with Gasteiger partial charge in [-0.25, -0.2) is 8.42 Å². The number of piperazine rings is 1. The van der Waals surface area contributed by atoms with Crippen LogP contribution in [0.15, 0.2) is 30.3 Å². The summed E-state index contributed by atoms with van der Waals surface area (Å²) >= 11 is 0. The van der Waals surface area contributed by atoms with Crippen LogP contribution in [0.4, 0.5) is 0 Å². The van der Waals surface area contributed by atoms with Crippen LogP contribution in [0.25, 0.3) is 0 Å². The topological polar surface area (TPSA) is 70.9 Å². The first-order chi connectivity index (χ1) is 12.9. The summed E-state index contributed by atoms with van der Waals surface area (Å²) in [5.41, 5.74) is 0.813. The Labute approximate surface area is 163 Å². The zero-order valence-corrected chi connectivity index (χ0v) is 17.0. The van der Waals surface area contributed by atoms with Gasteiger partial charge in [-0.2, -0.15) is 4.31 Å². The lowest BCUT2D eigenvalue weighted by Gasteiger charge is -2.33. The highest BCUT2D eigenvalue weighted by molar-refractivity contribution is 7.88. The number of carbonyl (C=O) groups is 1. The number of amides is 1. The maximum absolute atomic E-state index is 12.6. The predicted molar refractivity (Wildman–Crippen MR) is 106 cm³/mol. The van der Waals surface area contributed by atoms with Gasteiger partial charge in [0.2, 0.25) is 10.0 Å². The molecule has 1 aromatic carbocycles. The molecule has 1 aromatic rings. The molecule has 2 atom stereocenters. The Kier molecular flexibility index (Phi) is 6.89. The minimum atomic E-state index is -3.30. The highest BCUT2D eigenvalue weighted by atomic mass is 32.2. The predicted octanol–water partition coefficient (Wildman–Crippen LogP) is 0.412. The van der Waals surface area contributed by atoms with Crippen molar-refractivity contribution in [2.24, 2.45) is 5.92 Å². The monoisotopic (exact) mass is 394 g/mol. The maximum atomic E-state index is 12.6. The average Bonchev–Trinajstić information content (AvgIpc) is 2.64. The van der Waals surface area contributed by atoms with Crippen LogP contribution in [0.5, 0.6) is 0 Å². The van der Waals surface area contributed by atoms with E-state index in [9.17, 15) is 13.2 Å². The summed E-state index contributed by atoms with van der Waals surface area (Å²) < 4.78 is 26.8. The van der Waals surface area contributed by atoms with Crippen molar-refractivity contribution in [3.63, 3.8) is 0 Å². The zero-order valence-electron chi connectivity index (χ0n) is 16.2. The molecule has 1 saturated carbocycles. The van der Waals surface area contributed by atoms with Crippen LogP contribution >= 0.6 is 0 Å². The lowest BCUT2D eigenvalue weighted by Crippen LogP contribution is -3.15. The van der Waals surface area contributed by atoms with Gasteiger partial charge in [0.25, 0.3) is 5.91 Å². The van der Waals surface area contributed by atoms with E-state index < -0.39 is 10.0 Å². The van der Waals surface area contributed by atoms with Gasteiger partial charge < -0.3 is 10.2 Å². The number of benzene rings is 1. The van der Waals surface area contributed by atoms with Crippen LogP contribution in [-0.4, -0.2) is 57.4 Å². The fourth-order valence-electron chi connectivity index (χ4n) is 4.15. The van der Waals surface area contributed by atoms with E-state index in [-0.39, 0.29) is 11.7 Å². The van der Waals surface area contributed by atoms with Crippen molar-refractivity contribution in [3.05, 3.63) is 35.9 Å². The van der Waals surface area contributed by atoms with Gasteiger partial charge in [0.1, 0.15) is 0 Å². The second-order valence-electron chi connectivity index (χ2n) is 8.00. The number of nitrogens with zero attached hydrogens (tertiary/aromatic N) is 1. The molecule has 0 spiro atoms. The summed E-state index contributed by atoms with van der Waals surface area (Å²) in [4.78, 5) is 13.5. The van der Waals surface area contributed by atoms with Gasteiger partial charge in [0, 0.05) is 6.04 Å². The fourth-order valence-corrected chi connectivity index (χ4v) is 5.68. The van der Waals surface area contributed by atoms with Crippen molar-refractivity contribution in [2.45, 2.75) is 44.4 Å². The van der Waals surface area contributed by atoms with Crippen LogP contribution in [0.3, 0.4) is 0 Å². The molecule has 150 valence electrons. The third kappa shape index (κ3) is 5.77. The molecule has 1 aliphatic carbocycles. The lowest BCUT2D eigenvalue weighted by atomic mass is 9.86. The van der Waals surface area contributed by atoms with Crippen molar-refractivity contribution in [1.29, 1.82) is 0 Å². The van der Waals surface area contributed by atoms with Crippen molar-refractivity contribution in [2.75, 3.05) is 32.7 Å². The molecule has 3 rings (SSSR count). The largest absolute Gasteiger partial charge is 0.348 e. The van der Waals surface area contributed by atoms with E-state index in [0.717, 1.165) is 12.0 Å². The standard InChI is InChI=1S/C20H31N3O3S/c1-17-7-5-6-10-19(17)21-20(24)15-22-11-13-23(14-12-22)27(25,26)16-18-8-3-2-4-9-18/h2-4,8-9,17,19H,5-7,10-16H2,1H3,(H,21,24)/p+1/t17-,19-/m1/s1. The summed E-state index contributed by atoms with van der Waals surface area (Å²) in [5.74, 6) is 0.700. The summed E-state index contributed by atoms with van der Waals surface area (Å²) in [6.07, 6.45) is 4.72. The van der Waals surface area contributed by atoms with Crippen molar-refractivity contribution >= 4 is 15.9 Å². The Morgan fingerprint density at radius 1 is 1.15 bits per heavy atom. The molecular weight excluding hydrogens is 362 g/mol. The SMILES string of the molecule is C[C@@H]1CCCC[C@H]1NC(=O)C[NH+]1CCN(S(=O)(=O)Cc2ccccc2)CC1. The van der Waals surface area contributed by atoms with Crippen molar-refractivity contribution in [1.82, 2.24) is 9.62 Å². The molecule has 1 heterocycles. The molecule has 0 radical (unpaired) electrons. The molecule has 0 bridgehead atoms. The first kappa shape index (κ1) is 20.3. The lowest BCUT2D eigenvalue weighted by molar-refractivity contribution is -0.895. The van der Waals surface area contributed by atoms with Gasteiger partial charge in [0.05, 0.1) is 31.9 Å². The van der Waals surface area contributed by atoms with Crippen LogP contribution < -0.4 is 10.2 Å². The Morgan fingerprint density at radius 2 is 1.81 bits per heavy atom. The molecule has 1 saturated heterocycles. The first-order valence-corrected chi connectivity index (χ1v) is 11.7. The molecule has 6 nitrogen and oxygen atoms in total. The third-order valence-corrected chi connectivity index (χ3v) is 7.73. The summed E-state index contributed by atoms with van der Waals surface area (Å²) in [5, 5.41) is 3.20. The molecule has 7 heteroatoms. The summed E-state index contributed by atoms with van der Waals surface area (Å²) in [6, 6.07) is 9.60. The van der Waals surface area contributed by atoms with Crippen LogP contribution in [0.1, 0.15) is 38.2 Å². The molecule has 2 fully saturated rings. The van der Waals surface area contributed by atoms with Gasteiger partial charge in [-0.05, 0) is 24.3 Å². The third-order valence-electron chi connectivity index (χ3n) is 5.88. The number of hydrogen-bond donors (Lipinski definition) is 2. The Bertz CT molecular complexity index is 715. The van der Waals surface area contributed by atoms with Gasteiger partial charge in [-0.1, -0.05) is 50.1 Å². The second-order valence-corrected chi connectivity index (χ2v) is 9.97. The van der Waals surface area contributed by atoms with Crippen molar-refractivity contribution in [3.8, 4) is 0 Å². The Morgan fingerprint density at radius 3 is 2.48 bits per heavy atom. The van der Waals surface area contributed by atoms with Crippen LogP contribution in [0.2, 0.25) is 0 Å². The number of quaternary nitrogens is 1. The number of rotatable bonds is 6. The van der Waals surface area contributed by atoms with E-state index in [0.29, 0.717) is 44.7 Å². The van der Waals surface area contributed by atoms with Crippen LogP contribution in [0, 0.1) is 5.92 Å². The molecule has 0 unspecified atom stereocenters. The van der Waals surface area contributed by atoms with E-state index in [2.05, 4.69) is 12.2 Å². The van der Waals surface area contributed by atoms with E-state index in [1.165, 1.54) is 24.2 Å². The molecule has 1 aliphatic heterocycles. The first-order valence-electron chi connectivity index (χ1n) is 10.1. The molecule has 1 amide bonds. The second kappa shape index (κ2) is 9.17. The minimum absolute atomic E-state index is 0.0449. The van der Waals surface area contributed by atoms with E-state index in [4.69, 9.17) is 0 Å². The Hall–Kier alpha value is -1.44. The zero-order chi connectivity index (χ0) is 19.3. The summed E-state index contributed by atoms with van der Waals surface area (Å²) in [6.45, 7) is 4.99. The Balaban J connectivity index is 1.45. The smallest absolute Gasteiger partial charge is 0.275 e. The maximum Gasteiger partial charge on any atom is 0.275 e. The molecule has 2 N–H and O–H groups in total. The average molecular weight is 395 g/mol. The number of sulfonamides is 1.